The summed E-state index contributed by atoms with van der Waals surface area (Å²) in [4.78, 5) is 35.9. The van der Waals surface area contributed by atoms with E-state index in [-0.39, 0.29) is 17.7 Å². The Kier molecular flexibility index (Phi) is 9.68. The first-order valence-corrected chi connectivity index (χ1v) is 13.3. The van der Waals surface area contributed by atoms with E-state index in [4.69, 9.17) is 18.6 Å². The number of aromatic carboxylic acids is 1. The standard InChI is InChI=1S/C30H32N4O9/c1-5-41-24-13-18(27-26(29(38)40-4)17(3)32-30(39)33-27)8-10-23(24)42-15-25(35)34-31-14-20-9-11-22(43-20)21-12-19(28(36)37)7-6-16(21)2/h6-14,25,27,34-35H,5,15H2,1-4H3,(H,36,37)(H2,32,33,39)/b31-14-/t25-,27-/m1/s1. The molecule has 226 valence electrons. The Labute approximate surface area is 247 Å². The Morgan fingerprint density at radius 2 is 1.91 bits per heavy atom. The maximum absolute atomic E-state index is 12.4. The third kappa shape index (κ3) is 7.32. The number of rotatable bonds is 12. The van der Waals surface area contributed by atoms with E-state index >= 15 is 0 Å². The number of amides is 2. The van der Waals surface area contributed by atoms with Crippen molar-refractivity contribution in [3.63, 3.8) is 0 Å². The molecule has 13 heteroatoms. The lowest BCUT2D eigenvalue weighted by Crippen LogP contribution is -2.45. The molecule has 2 amide bonds. The van der Waals surface area contributed by atoms with Gasteiger partial charge in [-0.2, -0.15) is 5.10 Å². The molecule has 0 aliphatic carbocycles. The first-order valence-electron chi connectivity index (χ1n) is 13.3. The first-order chi connectivity index (χ1) is 20.6. The highest BCUT2D eigenvalue weighted by Gasteiger charge is 2.32. The summed E-state index contributed by atoms with van der Waals surface area (Å²) in [5.41, 5.74) is 5.38. The summed E-state index contributed by atoms with van der Waals surface area (Å²) in [5, 5.41) is 28.9. The van der Waals surface area contributed by atoms with Crippen LogP contribution in [-0.2, 0) is 9.53 Å². The summed E-state index contributed by atoms with van der Waals surface area (Å²) in [7, 11) is 1.26. The molecule has 1 aliphatic heterocycles. The van der Waals surface area contributed by atoms with Gasteiger partial charge in [-0.25, -0.2) is 14.4 Å². The molecule has 0 fully saturated rings. The van der Waals surface area contributed by atoms with Crippen molar-refractivity contribution in [2.75, 3.05) is 20.3 Å². The van der Waals surface area contributed by atoms with Crippen LogP contribution in [0, 0.1) is 6.92 Å². The predicted octanol–water partition coefficient (Wildman–Crippen LogP) is 3.47. The number of carbonyl (C=O) groups excluding carboxylic acids is 2. The van der Waals surface area contributed by atoms with Crippen LogP contribution >= 0.6 is 0 Å². The van der Waals surface area contributed by atoms with Crippen molar-refractivity contribution < 1.29 is 43.2 Å². The molecule has 0 radical (unpaired) electrons. The van der Waals surface area contributed by atoms with E-state index in [9.17, 15) is 24.6 Å². The fourth-order valence-corrected chi connectivity index (χ4v) is 4.40. The number of carboxylic acid groups (broad SMARTS) is 1. The molecule has 1 aromatic heterocycles. The number of benzene rings is 2. The van der Waals surface area contributed by atoms with E-state index in [1.165, 1.54) is 25.5 Å². The third-order valence-corrected chi connectivity index (χ3v) is 6.46. The fourth-order valence-electron chi connectivity index (χ4n) is 4.40. The minimum absolute atomic E-state index is 0.148. The fraction of sp³-hybridized carbons (Fsp3) is 0.267. The maximum Gasteiger partial charge on any atom is 0.337 e. The highest BCUT2D eigenvalue weighted by molar-refractivity contribution is 5.95. The van der Waals surface area contributed by atoms with Crippen LogP contribution in [-0.4, -0.2) is 60.9 Å². The lowest BCUT2D eigenvalue weighted by Gasteiger charge is -2.28. The van der Waals surface area contributed by atoms with Crippen LogP contribution in [0.2, 0.25) is 0 Å². The lowest BCUT2D eigenvalue weighted by atomic mass is 9.95. The van der Waals surface area contributed by atoms with Gasteiger partial charge in [0.25, 0.3) is 0 Å². The Morgan fingerprint density at radius 3 is 2.63 bits per heavy atom. The molecular formula is C30H32N4O9. The number of ether oxygens (including phenoxy) is 3. The summed E-state index contributed by atoms with van der Waals surface area (Å²) < 4.78 is 22.1. The molecule has 1 aliphatic rings. The molecule has 13 nitrogen and oxygen atoms in total. The van der Waals surface area contributed by atoms with E-state index in [2.05, 4.69) is 21.2 Å². The molecule has 0 spiro atoms. The highest BCUT2D eigenvalue weighted by Crippen LogP contribution is 2.35. The largest absolute Gasteiger partial charge is 0.490 e. The van der Waals surface area contributed by atoms with Gasteiger partial charge in [-0.15, -0.1) is 0 Å². The Morgan fingerprint density at radius 1 is 1.12 bits per heavy atom. The molecular weight excluding hydrogens is 560 g/mol. The summed E-state index contributed by atoms with van der Waals surface area (Å²) in [6, 6.07) is 11.8. The van der Waals surface area contributed by atoms with Crippen molar-refractivity contribution >= 4 is 24.2 Å². The summed E-state index contributed by atoms with van der Waals surface area (Å²) in [6.45, 7) is 5.37. The number of aryl methyl sites for hydroxylation is 1. The van der Waals surface area contributed by atoms with Crippen molar-refractivity contribution in [1.29, 1.82) is 0 Å². The van der Waals surface area contributed by atoms with E-state index in [1.54, 1.807) is 50.2 Å². The number of methoxy groups -OCH3 is 1. The molecule has 0 bridgehead atoms. The Balaban J connectivity index is 1.40. The van der Waals surface area contributed by atoms with Crippen LogP contribution < -0.4 is 25.5 Å². The predicted molar refractivity (Wildman–Crippen MR) is 155 cm³/mol. The van der Waals surface area contributed by atoms with Crippen LogP contribution in [0.5, 0.6) is 11.5 Å². The van der Waals surface area contributed by atoms with Gasteiger partial charge >= 0.3 is 18.0 Å². The summed E-state index contributed by atoms with van der Waals surface area (Å²) in [6.07, 6.45) is 0.167. The number of furan rings is 1. The number of hydrogen-bond acceptors (Lipinski definition) is 10. The van der Waals surface area contributed by atoms with E-state index < -0.39 is 30.2 Å². The van der Waals surface area contributed by atoms with Crippen molar-refractivity contribution in [1.82, 2.24) is 16.1 Å². The van der Waals surface area contributed by atoms with Crippen LogP contribution in [0.15, 0.2) is 69.3 Å². The van der Waals surface area contributed by atoms with Crippen LogP contribution in [0.1, 0.15) is 47.1 Å². The average molecular weight is 593 g/mol. The Bertz CT molecular complexity index is 1580. The smallest absolute Gasteiger partial charge is 0.337 e. The van der Waals surface area contributed by atoms with Gasteiger partial charge in [-0.3, -0.25) is 5.43 Å². The van der Waals surface area contributed by atoms with Crippen molar-refractivity contribution in [3.05, 3.63) is 82.3 Å². The number of carboxylic acids is 1. The monoisotopic (exact) mass is 592 g/mol. The average Bonchev–Trinajstić information content (AvgIpc) is 3.44. The first kappa shape index (κ1) is 30.7. The molecule has 43 heavy (non-hydrogen) atoms. The third-order valence-electron chi connectivity index (χ3n) is 6.46. The number of aliphatic hydroxyl groups excluding tert-OH is 1. The van der Waals surface area contributed by atoms with Crippen molar-refractivity contribution in [2.45, 2.75) is 33.0 Å². The molecule has 5 N–H and O–H groups in total. The second kappa shape index (κ2) is 13.6. The number of hydrogen-bond donors (Lipinski definition) is 5. The van der Waals surface area contributed by atoms with Gasteiger partial charge in [0, 0.05) is 11.3 Å². The maximum atomic E-state index is 12.4. The van der Waals surface area contributed by atoms with Gasteiger partial charge in [-0.05, 0) is 68.3 Å². The molecule has 0 saturated carbocycles. The van der Waals surface area contributed by atoms with Gasteiger partial charge in [-0.1, -0.05) is 12.1 Å². The zero-order valence-corrected chi connectivity index (χ0v) is 24.0. The number of urea groups is 1. The molecule has 0 saturated heterocycles. The van der Waals surface area contributed by atoms with Crippen LogP contribution in [0.25, 0.3) is 11.3 Å². The molecule has 3 aromatic rings. The number of allylic oxidation sites excluding steroid dienone is 1. The van der Waals surface area contributed by atoms with Crippen LogP contribution in [0.4, 0.5) is 4.79 Å². The molecule has 2 atom stereocenters. The lowest BCUT2D eigenvalue weighted by molar-refractivity contribution is -0.136. The highest BCUT2D eigenvalue weighted by atomic mass is 16.5. The number of nitrogens with one attached hydrogen (secondary N) is 3. The number of hydrazone groups is 1. The molecule has 2 aromatic carbocycles. The normalized spacial score (nSPS) is 15.5. The quantitative estimate of drug-likeness (QED) is 0.0904. The zero-order valence-electron chi connectivity index (χ0n) is 24.0. The van der Waals surface area contributed by atoms with Gasteiger partial charge < -0.3 is 39.5 Å². The summed E-state index contributed by atoms with van der Waals surface area (Å²) in [5.74, 6) is -0.0935. The minimum Gasteiger partial charge on any atom is -0.490 e. The zero-order chi connectivity index (χ0) is 31.1. The number of carbonyl (C=O) groups is 3. The van der Waals surface area contributed by atoms with E-state index in [0.717, 1.165) is 5.56 Å². The SMILES string of the molecule is CCOc1cc([C@H]2NC(=O)NC(C)=C2C(=O)OC)ccc1OC[C@@H](O)N/N=C\c1ccc(-c2cc(C(=O)O)ccc2C)o1. The van der Waals surface area contributed by atoms with Crippen LogP contribution in [0.3, 0.4) is 0 Å². The Hall–Kier alpha value is -5.30. The summed E-state index contributed by atoms with van der Waals surface area (Å²) >= 11 is 0. The molecule has 0 unspecified atom stereocenters. The van der Waals surface area contributed by atoms with Crippen molar-refractivity contribution in [3.8, 4) is 22.8 Å². The molecule has 2 heterocycles. The number of esters is 1. The van der Waals surface area contributed by atoms with Gasteiger partial charge in [0.05, 0.1) is 37.1 Å². The van der Waals surface area contributed by atoms with Gasteiger partial charge in [0.1, 0.15) is 18.1 Å². The second-order valence-electron chi connectivity index (χ2n) is 9.45. The van der Waals surface area contributed by atoms with Crippen molar-refractivity contribution in [2.24, 2.45) is 5.10 Å². The van der Waals surface area contributed by atoms with Gasteiger partial charge in [0.15, 0.2) is 17.7 Å². The van der Waals surface area contributed by atoms with E-state index in [0.29, 0.717) is 46.5 Å². The van der Waals surface area contributed by atoms with E-state index in [1.807, 2.05) is 6.92 Å². The second-order valence-corrected chi connectivity index (χ2v) is 9.45. The molecule has 4 rings (SSSR count). The number of nitrogens with zero attached hydrogens (tertiary/aromatic N) is 1. The minimum atomic E-state index is -1.20. The van der Waals surface area contributed by atoms with Gasteiger partial charge in [0.2, 0.25) is 0 Å². The topological polar surface area (TPSA) is 181 Å². The number of aliphatic hydroxyl groups is 1.